The Hall–Kier alpha value is -3.08. The van der Waals surface area contributed by atoms with E-state index >= 15 is 0 Å². The first-order valence-electron chi connectivity index (χ1n) is 39.6. The van der Waals surface area contributed by atoms with Crippen LogP contribution in [-0.4, -0.2) is 361 Å². The topological polar surface area (TPSA) is 561 Å². The van der Waals surface area contributed by atoms with Gasteiger partial charge in [-0.15, -0.1) is 0 Å². The Balaban J connectivity index is 0.0000115. The number of hydrogen-bond acceptors (Lipinski definition) is 33. The second-order valence-corrected chi connectivity index (χ2v) is 33.2. The summed E-state index contributed by atoms with van der Waals surface area (Å²) in [4.78, 5) is 99.5. The lowest BCUT2D eigenvalue weighted by Gasteiger charge is -2.42. The smallest absolute Gasteiger partial charge is 0.394 e. The minimum absolute atomic E-state index is 0.0135. The summed E-state index contributed by atoms with van der Waals surface area (Å²) in [6, 6.07) is -2.19. The summed E-state index contributed by atoms with van der Waals surface area (Å²) in [5.41, 5.74) is -1.01. The van der Waals surface area contributed by atoms with Crippen molar-refractivity contribution in [2.45, 2.75) is 254 Å². The highest BCUT2D eigenvalue weighted by atomic mass is 31.2. The lowest BCUT2D eigenvalue weighted by Crippen LogP contribution is -2.64. The molecular weight excluding hydrogens is 1580 g/mol. The molecule has 0 bridgehead atoms. The molecule has 6 aliphatic rings. The van der Waals surface area contributed by atoms with Crippen LogP contribution in [0.1, 0.15) is 150 Å². The number of likely N-dealkylation sites (tertiary alicyclic amines) is 3. The molecule has 18 unspecified atom stereocenters. The van der Waals surface area contributed by atoms with Crippen LogP contribution in [0.5, 0.6) is 0 Å². The summed E-state index contributed by atoms with van der Waals surface area (Å²) in [6.07, 6.45) is -11.5. The van der Waals surface area contributed by atoms with Crippen molar-refractivity contribution in [3.05, 3.63) is 0 Å². The number of rotatable bonds is 52. The highest BCUT2D eigenvalue weighted by Gasteiger charge is 2.48. The van der Waals surface area contributed by atoms with E-state index in [9.17, 15) is 98.3 Å². The number of carbonyl (C=O) groups is 5. The fourth-order valence-electron chi connectivity index (χ4n) is 13.6. The summed E-state index contributed by atoms with van der Waals surface area (Å²) >= 11 is 0. The zero-order valence-electron chi connectivity index (χ0n) is 66.5. The van der Waals surface area contributed by atoms with Crippen molar-refractivity contribution in [1.82, 2.24) is 25.3 Å². The Kier molecular flexibility index (Phi) is 47.1. The molecule has 6 aliphatic heterocycles. The van der Waals surface area contributed by atoms with E-state index in [1.807, 2.05) is 13.8 Å². The maximum Gasteiger partial charge on any atom is 0.472 e. The second-order valence-electron chi connectivity index (χ2n) is 29.0. The molecule has 44 heteroatoms. The van der Waals surface area contributed by atoms with Gasteiger partial charge >= 0.3 is 23.5 Å². The molecule has 5 amide bonds. The number of hydrogen-bond donors (Lipinski definition) is 14. The predicted molar refractivity (Wildman–Crippen MR) is 398 cm³/mol. The third-order valence-electron chi connectivity index (χ3n) is 19.9. The first-order valence-corrected chi connectivity index (χ1v) is 44.1. The number of aliphatic hydroxyl groups excluding tert-OH is 9. The molecule has 41 nitrogen and oxygen atoms in total. The predicted octanol–water partition coefficient (Wildman–Crippen LogP) is -0.238. The largest absolute Gasteiger partial charge is 0.472 e. The highest BCUT2D eigenvalue weighted by Crippen LogP contribution is 2.48. The number of ether oxygens (including phenoxy) is 10. The Labute approximate surface area is 666 Å². The number of nitrogens with zero attached hydrogens (tertiary/aromatic N) is 3. The summed E-state index contributed by atoms with van der Waals surface area (Å²) in [6.45, 7) is 7.61. The van der Waals surface area contributed by atoms with Gasteiger partial charge in [0, 0.05) is 125 Å². The Morgan fingerprint density at radius 2 is 0.702 bits per heavy atom. The molecule has 0 saturated carbocycles. The van der Waals surface area contributed by atoms with Gasteiger partial charge in [0.2, 0.25) is 29.5 Å². The quantitative estimate of drug-likeness (QED) is 0.0276. The number of piperidine rings is 3. The number of phosphoric ester groups is 3. The van der Waals surface area contributed by atoms with Crippen LogP contribution in [0.15, 0.2) is 0 Å². The molecule has 0 radical (unpaired) electrons. The van der Waals surface area contributed by atoms with E-state index in [-0.39, 0.29) is 220 Å². The van der Waals surface area contributed by atoms with Gasteiger partial charge < -0.3 is 133 Å². The molecule has 6 saturated heterocycles. The van der Waals surface area contributed by atoms with E-state index in [1.165, 1.54) is 21.0 Å². The van der Waals surface area contributed by atoms with Crippen molar-refractivity contribution in [1.29, 1.82) is 0 Å². The Morgan fingerprint density at radius 3 is 0.991 bits per heavy atom. The minimum atomic E-state index is -4.57. The van der Waals surface area contributed by atoms with Crippen molar-refractivity contribution in [3.8, 4) is 0 Å². The zero-order chi connectivity index (χ0) is 84.0. The van der Waals surface area contributed by atoms with Gasteiger partial charge in [-0.05, 0) is 96.3 Å². The van der Waals surface area contributed by atoms with Gasteiger partial charge in [-0.3, -0.25) is 51.1 Å². The number of nitrogens with one attached hydrogen (secondary N) is 2. The number of methoxy groups -OCH3 is 1. The number of aliphatic hydroxyl groups is 9. The maximum atomic E-state index is 13.1. The number of amides is 5. The monoisotopic (exact) mass is 1710 g/mol. The van der Waals surface area contributed by atoms with Crippen LogP contribution in [0, 0.1) is 11.3 Å². The third kappa shape index (κ3) is 35.5. The maximum absolute atomic E-state index is 13.1. The van der Waals surface area contributed by atoms with Crippen LogP contribution in [-0.2, 0) is 112 Å². The molecule has 6 fully saturated rings. The molecule has 0 aliphatic carbocycles. The summed E-state index contributed by atoms with van der Waals surface area (Å²) in [7, 11) is -12.2. The van der Waals surface area contributed by atoms with Gasteiger partial charge in [0.15, 0.2) is 18.9 Å². The standard InChI is InChI=1S/C68H124N5O36P3.C2H6/c1-45-59(82)60(83)51(38-74)104-65(45)98-32-8-5-14-54(79)71-23-17-48(18-24-71)107-110(88,89)101-35-11-29-95-42-68(41-94-4,43-96-30-12-36-102-111(90,91)108-49-19-25-72(26-20-49)55(80)15-6-9-33-99-66-57(69-46(2)77)63(86)61(84)52(39-75)105-66)44-97-31-13-37-103-112(92,93)109-50-21-27-73(28-22-50)56(81)16-7-10-34-100-67-58(70-47(3)78)64(87)62(85)53(40-76)106-67;1-2/h45,48-53,57-67,74-76,82-87H,5-44H2,1-4H3,(H,69,77)(H,70,78)(H,88,89)(H,90,91)(H,92,93);1-2H3. The molecule has 0 aromatic carbocycles. The highest BCUT2D eigenvalue weighted by molar-refractivity contribution is 7.48. The minimum Gasteiger partial charge on any atom is -0.394 e. The van der Waals surface area contributed by atoms with Gasteiger partial charge in [0.05, 0.1) is 95.9 Å². The van der Waals surface area contributed by atoms with Crippen molar-refractivity contribution in [3.63, 3.8) is 0 Å². The molecule has 6 heterocycles. The van der Waals surface area contributed by atoms with E-state index in [0.29, 0.717) is 38.5 Å². The molecule has 114 heavy (non-hydrogen) atoms. The number of phosphoric acid groups is 3. The van der Waals surface area contributed by atoms with E-state index < -0.39 is 171 Å². The fraction of sp³-hybridized carbons (Fsp3) is 0.929. The zero-order valence-corrected chi connectivity index (χ0v) is 69.2. The molecule has 0 aromatic rings. The first-order chi connectivity index (χ1) is 54.3. The van der Waals surface area contributed by atoms with Crippen LogP contribution in [0.2, 0.25) is 0 Å². The fourth-order valence-corrected chi connectivity index (χ4v) is 16.6. The van der Waals surface area contributed by atoms with Crippen LogP contribution < -0.4 is 10.6 Å². The second kappa shape index (κ2) is 53.0. The summed E-state index contributed by atoms with van der Waals surface area (Å²) in [5, 5.41) is 95.5. The number of carbonyl (C=O) groups excluding carboxylic acids is 5. The third-order valence-corrected chi connectivity index (χ3v) is 23.1. The van der Waals surface area contributed by atoms with E-state index in [4.69, 9.17) is 74.5 Å². The molecule has 18 atom stereocenters. The average Bonchev–Trinajstić information content (AvgIpc) is 0.812. The van der Waals surface area contributed by atoms with Crippen molar-refractivity contribution in [2.75, 3.05) is 152 Å². The van der Waals surface area contributed by atoms with Crippen LogP contribution in [0.3, 0.4) is 0 Å². The first kappa shape index (κ1) is 101. The van der Waals surface area contributed by atoms with E-state index in [2.05, 4.69) is 10.6 Å². The van der Waals surface area contributed by atoms with Crippen LogP contribution in [0.25, 0.3) is 0 Å². The van der Waals surface area contributed by atoms with Crippen LogP contribution in [0.4, 0.5) is 0 Å². The van der Waals surface area contributed by atoms with Gasteiger partial charge in [0.25, 0.3) is 0 Å². The summed E-state index contributed by atoms with van der Waals surface area (Å²) < 4.78 is 129. The van der Waals surface area contributed by atoms with E-state index in [1.54, 1.807) is 21.6 Å². The summed E-state index contributed by atoms with van der Waals surface area (Å²) in [5.74, 6) is -1.94. The van der Waals surface area contributed by atoms with Crippen molar-refractivity contribution < 1.29 is 173 Å². The van der Waals surface area contributed by atoms with Gasteiger partial charge in [-0.2, -0.15) is 0 Å². The normalized spacial score (nSPS) is 29.0. The SMILES string of the molecule is CC.COCC(COCCCOP(=O)(O)OC1CCN(C(=O)CCCCOC2OC(CO)C(O)C(O)C2C)CC1)(COCCCOP(=O)(O)OC1CCN(C(=O)CCCCOC2OC(CO)C(O)C(O)C2NC(C)=O)CC1)COCCCOP(=O)(O)OC1CCN(C(=O)CCCCOC2OC(CO)C(O)C(O)C2NC(C)=O)CC1. The molecule has 0 spiro atoms. The van der Waals surface area contributed by atoms with Gasteiger partial charge in [0.1, 0.15) is 60.9 Å². The Morgan fingerprint density at radius 1 is 0.412 bits per heavy atom. The van der Waals surface area contributed by atoms with Crippen molar-refractivity contribution >= 4 is 53.0 Å². The van der Waals surface area contributed by atoms with E-state index in [0.717, 1.165) is 0 Å². The Bertz CT molecular complexity index is 2780. The van der Waals surface area contributed by atoms with Crippen molar-refractivity contribution in [2.24, 2.45) is 11.3 Å². The van der Waals surface area contributed by atoms with Gasteiger partial charge in [-0.1, -0.05) is 20.8 Å². The molecular formula is C70H130N5O36P3. The molecule has 14 N–H and O–H groups in total. The van der Waals surface area contributed by atoms with Gasteiger partial charge in [-0.25, -0.2) is 13.7 Å². The van der Waals surface area contributed by atoms with Crippen LogP contribution >= 0.6 is 23.5 Å². The number of unbranched alkanes of at least 4 members (excludes halogenated alkanes) is 3. The lowest BCUT2D eigenvalue weighted by atomic mass is 9.92. The molecule has 6 rings (SSSR count). The molecule has 666 valence electrons. The lowest BCUT2D eigenvalue weighted by molar-refractivity contribution is -0.282. The average molecular weight is 1710 g/mol. The molecule has 0 aromatic heterocycles.